The second-order valence-corrected chi connectivity index (χ2v) is 4.94. The summed E-state index contributed by atoms with van der Waals surface area (Å²) in [5, 5.41) is 10.6. The summed E-state index contributed by atoms with van der Waals surface area (Å²) in [4.78, 5) is 24.2. The van der Waals surface area contributed by atoms with Gasteiger partial charge in [-0.05, 0) is 31.9 Å². The number of rotatable bonds is 2. The summed E-state index contributed by atoms with van der Waals surface area (Å²) in [6.07, 6.45) is 1.59. The molecule has 2 N–H and O–H groups in total. The molecular formula is C13H17N3O3. The number of amides is 1. The number of hydrogen-bond donors (Lipinski definition) is 1. The predicted molar refractivity (Wildman–Crippen MR) is 70.8 cm³/mol. The van der Waals surface area contributed by atoms with Crippen molar-refractivity contribution in [3.8, 4) is 0 Å². The van der Waals surface area contributed by atoms with Crippen molar-refractivity contribution < 1.29 is 9.72 Å². The predicted octanol–water partition coefficient (Wildman–Crippen LogP) is 1.55. The van der Waals surface area contributed by atoms with Gasteiger partial charge in [-0.25, -0.2) is 0 Å². The van der Waals surface area contributed by atoms with Crippen molar-refractivity contribution in [2.75, 3.05) is 6.54 Å². The van der Waals surface area contributed by atoms with Gasteiger partial charge in [-0.2, -0.15) is 0 Å². The highest BCUT2D eigenvalue weighted by atomic mass is 16.6. The van der Waals surface area contributed by atoms with Crippen molar-refractivity contribution in [2.24, 2.45) is 5.73 Å². The molecule has 1 aliphatic heterocycles. The van der Waals surface area contributed by atoms with E-state index in [1.165, 1.54) is 24.3 Å². The number of likely N-dealkylation sites (tertiary alicyclic amines) is 1. The summed E-state index contributed by atoms with van der Waals surface area (Å²) in [5.41, 5.74) is 6.34. The van der Waals surface area contributed by atoms with Gasteiger partial charge in [-0.15, -0.1) is 0 Å². The third-order valence-corrected chi connectivity index (χ3v) is 3.50. The van der Waals surface area contributed by atoms with E-state index in [-0.39, 0.29) is 23.7 Å². The molecule has 0 aliphatic carbocycles. The molecule has 2 rings (SSSR count). The fraction of sp³-hybridized carbons (Fsp3) is 0.462. The third kappa shape index (κ3) is 2.90. The van der Waals surface area contributed by atoms with E-state index in [4.69, 9.17) is 5.73 Å². The lowest BCUT2D eigenvalue weighted by Gasteiger charge is -2.36. The van der Waals surface area contributed by atoms with Crippen LogP contribution >= 0.6 is 0 Å². The van der Waals surface area contributed by atoms with Crippen molar-refractivity contribution in [3.05, 3.63) is 39.9 Å². The minimum Gasteiger partial charge on any atom is -0.336 e. The first-order chi connectivity index (χ1) is 8.99. The highest BCUT2D eigenvalue weighted by Gasteiger charge is 2.27. The molecule has 2 unspecified atom stereocenters. The minimum atomic E-state index is -0.475. The van der Waals surface area contributed by atoms with Crippen LogP contribution in [-0.2, 0) is 0 Å². The second kappa shape index (κ2) is 5.36. The first-order valence-corrected chi connectivity index (χ1v) is 6.30. The molecule has 0 spiro atoms. The SMILES string of the molecule is CC1CC(N)CCN1C(=O)c1ccc([N+](=O)[O-])cc1. The minimum absolute atomic E-state index is 0.00901. The van der Waals surface area contributed by atoms with Crippen molar-refractivity contribution in [3.63, 3.8) is 0 Å². The Kier molecular flexibility index (Phi) is 3.80. The van der Waals surface area contributed by atoms with Gasteiger partial charge >= 0.3 is 0 Å². The first kappa shape index (κ1) is 13.5. The van der Waals surface area contributed by atoms with Gasteiger partial charge in [0.1, 0.15) is 0 Å². The maximum atomic E-state index is 12.3. The fourth-order valence-electron chi connectivity index (χ4n) is 2.40. The van der Waals surface area contributed by atoms with Crippen molar-refractivity contribution in [1.82, 2.24) is 4.90 Å². The molecule has 1 aliphatic rings. The van der Waals surface area contributed by atoms with E-state index in [1.54, 1.807) is 4.90 Å². The molecule has 0 aromatic heterocycles. The van der Waals surface area contributed by atoms with Crippen LogP contribution in [0.25, 0.3) is 0 Å². The monoisotopic (exact) mass is 263 g/mol. The number of nitrogens with zero attached hydrogens (tertiary/aromatic N) is 2. The number of piperidine rings is 1. The Bertz CT molecular complexity index is 486. The van der Waals surface area contributed by atoms with E-state index >= 15 is 0 Å². The summed E-state index contributed by atoms with van der Waals surface area (Å²) < 4.78 is 0. The van der Waals surface area contributed by atoms with Crippen LogP contribution in [0.2, 0.25) is 0 Å². The molecule has 19 heavy (non-hydrogen) atoms. The molecule has 1 aromatic rings. The molecule has 0 saturated carbocycles. The van der Waals surface area contributed by atoms with Crippen LogP contribution in [0, 0.1) is 10.1 Å². The van der Waals surface area contributed by atoms with Crippen molar-refractivity contribution in [2.45, 2.75) is 31.8 Å². The van der Waals surface area contributed by atoms with Crippen molar-refractivity contribution >= 4 is 11.6 Å². The number of hydrogen-bond acceptors (Lipinski definition) is 4. The normalized spacial score (nSPS) is 23.2. The van der Waals surface area contributed by atoms with Crippen LogP contribution < -0.4 is 5.73 Å². The molecule has 6 heteroatoms. The van der Waals surface area contributed by atoms with Crippen LogP contribution in [0.3, 0.4) is 0 Å². The Morgan fingerprint density at radius 2 is 2.05 bits per heavy atom. The van der Waals surface area contributed by atoms with Gasteiger partial charge in [0.05, 0.1) is 4.92 Å². The maximum Gasteiger partial charge on any atom is 0.269 e. The molecule has 1 fully saturated rings. The zero-order valence-electron chi connectivity index (χ0n) is 10.8. The van der Waals surface area contributed by atoms with E-state index in [0.717, 1.165) is 12.8 Å². The van der Waals surface area contributed by atoms with E-state index < -0.39 is 4.92 Å². The summed E-state index contributed by atoms with van der Waals surface area (Å²) in [5.74, 6) is -0.0886. The summed E-state index contributed by atoms with van der Waals surface area (Å²) in [6, 6.07) is 5.97. The van der Waals surface area contributed by atoms with Gasteiger partial charge in [0.25, 0.3) is 11.6 Å². The zero-order valence-corrected chi connectivity index (χ0v) is 10.8. The lowest BCUT2D eigenvalue weighted by Crippen LogP contribution is -2.48. The lowest BCUT2D eigenvalue weighted by atomic mass is 9.98. The average Bonchev–Trinajstić information content (AvgIpc) is 2.38. The average molecular weight is 263 g/mol. The van der Waals surface area contributed by atoms with Gasteiger partial charge in [-0.1, -0.05) is 0 Å². The molecule has 1 aromatic carbocycles. The highest BCUT2D eigenvalue weighted by Crippen LogP contribution is 2.20. The van der Waals surface area contributed by atoms with Gasteiger partial charge < -0.3 is 10.6 Å². The Morgan fingerprint density at radius 1 is 1.42 bits per heavy atom. The van der Waals surface area contributed by atoms with Gasteiger partial charge in [0, 0.05) is 36.3 Å². The zero-order chi connectivity index (χ0) is 14.0. The second-order valence-electron chi connectivity index (χ2n) is 4.94. The Morgan fingerprint density at radius 3 is 2.58 bits per heavy atom. The van der Waals surface area contributed by atoms with E-state index in [1.807, 2.05) is 6.92 Å². The van der Waals surface area contributed by atoms with Crippen molar-refractivity contribution in [1.29, 1.82) is 0 Å². The number of non-ortho nitro benzene ring substituents is 1. The number of benzene rings is 1. The smallest absolute Gasteiger partial charge is 0.269 e. The number of nitro groups is 1. The highest BCUT2D eigenvalue weighted by molar-refractivity contribution is 5.94. The number of nitrogens with two attached hydrogens (primary N) is 1. The quantitative estimate of drug-likeness (QED) is 0.647. The fourth-order valence-corrected chi connectivity index (χ4v) is 2.40. The molecule has 6 nitrogen and oxygen atoms in total. The molecule has 1 heterocycles. The number of carbonyl (C=O) groups excluding carboxylic acids is 1. The molecule has 1 saturated heterocycles. The van der Waals surface area contributed by atoms with Crippen LogP contribution in [0.5, 0.6) is 0 Å². The van der Waals surface area contributed by atoms with Crippen LogP contribution in [0.15, 0.2) is 24.3 Å². The molecule has 2 atom stereocenters. The summed E-state index contributed by atoms with van der Waals surface area (Å²) >= 11 is 0. The van der Waals surface area contributed by atoms with Crippen LogP contribution in [0.1, 0.15) is 30.1 Å². The molecule has 0 bridgehead atoms. The van der Waals surface area contributed by atoms with Gasteiger partial charge in [0.2, 0.25) is 0 Å². The standard InChI is InChI=1S/C13H17N3O3/c1-9-8-11(14)6-7-15(9)13(17)10-2-4-12(5-3-10)16(18)19/h2-5,9,11H,6-8,14H2,1H3. The van der Waals surface area contributed by atoms with E-state index in [9.17, 15) is 14.9 Å². The Balaban J connectivity index is 2.13. The van der Waals surface area contributed by atoms with E-state index in [0.29, 0.717) is 12.1 Å². The Hall–Kier alpha value is -1.95. The summed E-state index contributed by atoms with van der Waals surface area (Å²) in [7, 11) is 0. The topological polar surface area (TPSA) is 89.5 Å². The number of carbonyl (C=O) groups is 1. The van der Waals surface area contributed by atoms with Gasteiger partial charge in [-0.3, -0.25) is 14.9 Å². The molecular weight excluding hydrogens is 246 g/mol. The first-order valence-electron chi connectivity index (χ1n) is 6.30. The van der Waals surface area contributed by atoms with Gasteiger partial charge in [0.15, 0.2) is 0 Å². The molecule has 1 amide bonds. The lowest BCUT2D eigenvalue weighted by molar-refractivity contribution is -0.384. The van der Waals surface area contributed by atoms with Crippen LogP contribution in [0.4, 0.5) is 5.69 Å². The third-order valence-electron chi connectivity index (χ3n) is 3.50. The van der Waals surface area contributed by atoms with Crippen LogP contribution in [-0.4, -0.2) is 34.4 Å². The largest absolute Gasteiger partial charge is 0.336 e. The molecule has 102 valence electrons. The number of nitro benzene ring substituents is 1. The Labute approximate surface area is 111 Å². The molecule has 0 radical (unpaired) electrons. The summed E-state index contributed by atoms with van der Waals surface area (Å²) in [6.45, 7) is 2.61. The maximum absolute atomic E-state index is 12.3. The van der Waals surface area contributed by atoms with E-state index in [2.05, 4.69) is 0 Å².